The summed E-state index contributed by atoms with van der Waals surface area (Å²) in [6.45, 7) is 6.39. The second-order valence-corrected chi connectivity index (χ2v) is 3.27. The first-order chi connectivity index (χ1) is 5.20. The van der Waals surface area contributed by atoms with Crippen LogP contribution in [0.3, 0.4) is 0 Å². The topological polar surface area (TPSA) is 13.1 Å². The van der Waals surface area contributed by atoms with E-state index in [2.05, 4.69) is 13.8 Å². The maximum atomic E-state index is 5.32. The number of aryl methyl sites for hydroxylation is 1. The van der Waals surface area contributed by atoms with Crippen LogP contribution in [0.4, 0.5) is 0 Å². The molecule has 0 atom stereocenters. The standard InChI is InChI=1S/C10H12O/c1-6-4-9-5-11-8(3)10(9)7(6)2/h5H,4H2,1-3H3. The Bertz CT molecular complexity index is 329. The summed E-state index contributed by atoms with van der Waals surface area (Å²) >= 11 is 0. The van der Waals surface area contributed by atoms with Gasteiger partial charge in [-0.3, -0.25) is 0 Å². The molecule has 1 nitrogen and oxygen atoms in total. The minimum absolute atomic E-state index is 1.06. The molecule has 0 saturated heterocycles. The van der Waals surface area contributed by atoms with Crippen molar-refractivity contribution < 1.29 is 4.42 Å². The molecule has 0 saturated carbocycles. The van der Waals surface area contributed by atoms with Gasteiger partial charge in [-0.05, 0) is 32.8 Å². The molecule has 1 aliphatic carbocycles. The molecule has 0 bridgehead atoms. The SMILES string of the molecule is CC1=C(C)c2c(coc2C)C1. The smallest absolute Gasteiger partial charge is 0.108 e. The van der Waals surface area contributed by atoms with Crippen LogP contribution < -0.4 is 0 Å². The lowest BCUT2D eigenvalue weighted by atomic mass is 10.1. The Balaban J connectivity index is 2.65. The van der Waals surface area contributed by atoms with Gasteiger partial charge in [0.2, 0.25) is 0 Å². The molecule has 11 heavy (non-hydrogen) atoms. The van der Waals surface area contributed by atoms with E-state index >= 15 is 0 Å². The lowest BCUT2D eigenvalue weighted by Gasteiger charge is -1.95. The Morgan fingerprint density at radius 3 is 2.64 bits per heavy atom. The van der Waals surface area contributed by atoms with E-state index in [1.807, 2.05) is 13.2 Å². The molecule has 1 aromatic heterocycles. The highest BCUT2D eigenvalue weighted by atomic mass is 16.3. The minimum Gasteiger partial charge on any atom is -0.469 e. The summed E-state index contributed by atoms with van der Waals surface area (Å²) in [6, 6.07) is 0. The second kappa shape index (κ2) is 2.00. The number of rotatable bonds is 0. The molecule has 1 aliphatic rings. The van der Waals surface area contributed by atoms with Crippen molar-refractivity contribution in [2.45, 2.75) is 27.2 Å². The summed E-state index contributed by atoms with van der Waals surface area (Å²) in [7, 11) is 0. The van der Waals surface area contributed by atoms with Crippen molar-refractivity contribution in [3.63, 3.8) is 0 Å². The molecule has 0 spiro atoms. The third kappa shape index (κ3) is 0.770. The van der Waals surface area contributed by atoms with Crippen molar-refractivity contribution in [2.24, 2.45) is 0 Å². The normalized spacial score (nSPS) is 15.9. The van der Waals surface area contributed by atoms with Crippen LogP contribution >= 0.6 is 0 Å². The third-order valence-corrected chi connectivity index (χ3v) is 2.52. The lowest BCUT2D eigenvalue weighted by Crippen LogP contribution is -1.76. The van der Waals surface area contributed by atoms with Crippen LogP contribution in [0.1, 0.15) is 30.7 Å². The van der Waals surface area contributed by atoms with E-state index in [9.17, 15) is 0 Å². The van der Waals surface area contributed by atoms with E-state index in [1.165, 1.54) is 22.3 Å². The quantitative estimate of drug-likeness (QED) is 0.551. The Kier molecular flexibility index (Phi) is 1.22. The van der Waals surface area contributed by atoms with Crippen molar-refractivity contribution in [1.82, 2.24) is 0 Å². The molecule has 0 aliphatic heterocycles. The number of fused-ring (bicyclic) bond motifs is 1. The lowest BCUT2D eigenvalue weighted by molar-refractivity contribution is 0.530. The average Bonchev–Trinajstić information content (AvgIpc) is 2.41. The molecule has 0 aromatic carbocycles. The zero-order chi connectivity index (χ0) is 8.01. The second-order valence-electron chi connectivity index (χ2n) is 3.27. The van der Waals surface area contributed by atoms with Crippen LogP contribution in [0.5, 0.6) is 0 Å². The molecule has 1 heterocycles. The van der Waals surface area contributed by atoms with Crippen molar-refractivity contribution in [3.8, 4) is 0 Å². The predicted octanol–water partition coefficient (Wildman–Crippen LogP) is 2.94. The van der Waals surface area contributed by atoms with Gasteiger partial charge in [0, 0.05) is 11.1 Å². The molecule has 2 rings (SSSR count). The van der Waals surface area contributed by atoms with E-state index < -0.39 is 0 Å². The molecule has 0 unspecified atom stereocenters. The highest BCUT2D eigenvalue weighted by Gasteiger charge is 2.19. The fourth-order valence-corrected chi connectivity index (χ4v) is 1.77. The highest BCUT2D eigenvalue weighted by Crippen LogP contribution is 2.35. The molecule has 1 aromatic rings. The fraction of sp³-hybridized carbons (Fsp3) is 0.400. The van der Waals surface area contributed by atoms with E-state index in [0.29, 0.717) is 0 Å². The van der Waals surface area contributed by atoms with Gasteiger partial charge < -0.3 is 4.42 Å². The van der Waals surface area contributed by atoms with Gasteiger partial charge in [-0.2, -0.15) is 0 Å². The summed E-state index contributed by atoms with van der Waals surface area (Å²) in [5.74, 6) is 1.06. The molecule has 0 fully saturated rings. The summed E-state index contributed by atoms with van der Waals surface area (Å²) in [6.07, 6.45) is 2.96. The minimum atomic E-state index is 1.06. The predicted molar refractivity (Wildman–Crippen MR) is 45.4 cm³/mol. The van der Waals surface area contributed by atoms with Crippen molar-refractivity contribution >= 4 is 5.57 Å². The van der Waals surface area contributed by atoms with E-state index in [-0.39, 0.29) is 0 Å². The fourth-order valence-electron chi connectivity index (χ4n) is 1.77. The number of furan rings is 1. The van der Waals surface area contributed by atoms with Gasteiger partial charge in [0.1, 0.15) is 5.76 Å². The number of hydrogen-bond donors (Lipinski definition) is 0. The Morgan fingerprint density at radius 1 is 1.27 bits per heavy atom. The van der Waals surface area contributed by atoms with Crippen LogP contribution in [-0.2, 0) is 6.42 Å². The van der Waals surface area contributed by atoms with Crippen LogP contribution in [0.15, 0.2) is 16.3 Å². The summed E-state index contributed by atoms with van der Waals surface area (Å²) in [4.78, 5) is 0. The van der Waals surface area contributed by atoms with Gasteiger partial charge in [-0.1, -0.05) is 5.57 Å². The molecule has 1 heteroatoms. The molecule has 58 valence electrons. The Hall–Kier alpha value is -0.980. The van der Waals surface area contributed by atoms with Crippen LogP contribution in [0, 0.1) is 6.92 Å². The van der Waals surface area contributed by atoms with E-state index in [4.69, 9.17) is 4.42 Å². The largest absolute Gasteiger partial charge is 0.469 e. The third-order valence-electron chi connectivity index (χ3n) is 2.52. The summed E-state index contributed by atoms with van der Waals surface area (Å²) < 4.78 is 5.32. The maximum Gasteiger partial charge on any atom is 0.108 e. The van der Waals surface area contributed by atoms with Crippen molar-refractivity contribution in [3.05, 3.63) is 28.7 Å². The van der Waals surface area contributed by atoms with E-state index in [1.54, 1.807) is 0 Å². The van der Waals surface area contributed by atoms with Gasteiger partial charge in [0.05, 0.1) is 6.26 Å². The molecule has 0 amide bonds. The number of allylic oxidation sites excluding steroid dienone is 2. The van der Waals surface area contributed by atoms with Crippen LogP contribution in [0.2, 0.25) is 0 Å². The molecular formula is C10H12O. The van der Waals surface area contributed by atoms with Crippen LogP contribution in [-0.4, -0.2) is 0 Å². The molecular weight excluding hydrogens is 136 g/mol. The van der Waals surface area contributed by atoms with E-state index in [0.717, 1.165) is 12.2 Å². The van der Waals surface area contributed by atoms with Crippen molar-refractivity contribution in [1.29, 1.82) is 0 Å². The Labute approximate surface area is 66.7 Å². The number of hydrogen-bond acceptors (Lipinski definition) is 1. The van der Waals surface area contributed by atoms with Gasteiger partial charge in [0.15, 0.2) is 0 Å². The molecule has 0 radical (unpaired) electrons. The maximum absolute atomic E-state index is 5.32. The summed E-state index contributed by atoms with van der Waals surface area (Å²) in [5.41, 5.74) is 5.60. The van der Waals surface area contributed by atoms with Gasteiger partial charge in [0.25, 0.3) is 0 Å². The van der Waals surface area contributed by atoms with Gasteiger partial charge in [-0.25, -0.2) is 0 Å². The highest BCUT2D eigenvalue weighted by molar-refractivity contribution is 5.75. The average molecular weight is 148 g/mol. The first-order valence-electron chi connectivity index (χ1n) is 3.94. The first kappa shape index (κ1) is 6.71. The van der Waals surface area contributed by atoms with Gasteiger partial charge >= 0.3 is 0 Å². The van der Waals surface area contributed by atoms with Gasteiger partial charge in [-0.15, -0.1) is 0 Å². The Morgan fingerprint density at radius 2 is 2.00 bits per heavy atom. The first-order valence-corrected chi connectivity index (χ1v) is 3.94. The van der Waals surface area contributed by atoms with Crippen molar-refractivity contribution in [2.75, 3.05) is 0 Å². The summed E-state index contributed by atoms with van der Waals surface area (Å²) in [5, 5.41) is 0. The zero-order valence-electron chi connectivity index (χ0n) is 7.19. The monoisotopic (exact) mass is 148 g/mol. The molecule has 0 N–H and O–H groups in total. The van der Waals surface area contributed by atoms with Crippen LogP contribution in [0.25, 0.3) is 5.57 Å². The zero-order valence-corrected chi connectivity index (χ0v) is 7.19.